The number of rotatable bonds is 3. The molecule has 4 nitrogen and oxygen atoms in total. The zero-order chi connectivity index (χ0) is 17.7. The first-order valence-corrected chi connectivity index (χ1v) is 11.8. The molecule has 2 bridgehead atoms. The van der Waals surface area contributed by atoms with E-state index in [4.69, 9.17) is 4.99 Å². The van der Waals surface area contributed by atoms with Gasteiger partial charge in [-0.3, -0.25) is 9.79 Å². The van der Waals surface area contributed by atoms with Crippen LogP contribution in [0.2, 0.25) is 0 Å². The Bertz CT molecular complexity index is 594. The molecule has 5 fully saturated rings. The van der Waals surface area contributed by atoms with Gasteiger partial charge < -0.3 is 10.2 Å². The molecule has 1 N–H and O–H groups in total. The summed E-state index contributed by atoms with van der Waals surface area (Å²) in [4.78, 5) is 20.6. The zero-order valence-electron chi connectivity index (χ0n) is 16.1. The third kappa shape index (κ3) is 3.03. The van der Waals surface area contributed by atoms with Gasteiger partial charge in [0, 0.05) is 6.04 Å². The van der Waals surface area contributed by atoms with E-state index in [0.717, 1.165) is 35.9 Å². The minimum atomic E-state index is -0.307. The molecular weight excluding hydrogens is 342 g/mol. The standard InChI is InChI=1S/C21H33N3OS/c1-21(16-8-10-24(11-9-16)17-4-2-3-5-17)19(25)23-20(26-21)22-18-13-14-6-7-15(18)12-14/h14-18H,2-13H2,1H3,(H,22,23,25)/t14-,15+,18+,21?/m1/s1. The van der Waals surface area contributed by atoms with Crippen LogP contribution in [0.4, 0.5) is 0 Å². The highest BCUT2D eigenvalue weighted by Gasteiger charge is 2.50. The average molecular weight is 376 g/mol. The second kappa shape index (κ2) is 6.80. The Morgan fingerprint density at radius 3 is 2.50 bits per heavy atom. The summed E-state index contributed by atoms with van der Waals surface area (Å²) < 4.78 is -0.307. The average Bonchev–Trinajstić information content (AvgIpc) is 3.42. The molecule has 144 valence electrons. The van der Waals surface area contributed by atoms with Gasteiger partial charge in [0.2, 0.25) is 5.91 Å². The molecule has 5 heteroatoms. The molecule has 0 aromatic heterocycles. The number of amides is 1. The molecule has 2 saturated heterocycles. The SMILES string of the molecule is CC1(C2CCN(C3CCCC3)CC2)SC(=N[C@H]2C[C@@H]3CC[C@H]2C3)NC1=O. The number of hydrogen-bond donors (Lipinski definition) is 1. The van der Waals surface area contributed by atoms with Crippen LogP contribution in [-0.4, -0.2) is 45.9 Å². The van der Waals surface area contributed by atoms with E-state index in [-0.39, 0.29) is 10.7 Å². The molecule has 26 heavy (non-hydrogen) atoms. The quantitative estimate of drug-likeness (QED) is 0.816. The van der Waals surface area contributed by atoms with Crippen molar-refractivity contribution in [2.45, 2.75) is 88.0 Å². The van der Waals surface area contributed by atoms with Crippen LogP contribution in [0.3, 0.4) is 0 Å². The number of fused-ring (bicyclic) bond motifs is 2. The molecule has 3 saturated carbocycles. The molecule has 5 rings (SSSR count). The van der Waals surface area contributed by atoms with Crippen molar-refractivity contribution >= 4 is 22.8 Å². The molecule has 0 aromatic carbocycles. The van der Waals surface area contributed by atoms with Gasteiger partial charge >= 0.3 is 0 Å². The maximum Gasteiger partial charge on any atom is 0.242 e. The number of nitrogens with zero attached hydrogens (tertiary/aromatic N) is 2. The predicted molar refractivity (Wildman–Crippen MR) is 107 cm³/mol. The molecule has 4 atom stereocenters. The molecule has 1 amide bonds. The van der Waals surface area contributed by atoms with Gasteiger partial charge in [-0.25, -0.2) is 0 Å². The highest BCUT2D eigenvalue weighted by molar-refractivity contribution is 8.16. The number of likely N-dealkylation sites (tertiary alicyclic amines) is 1. The zero-order valence-corrected chi connectivity index (χ0v) is 16.9. The van der Waals surface area contributed by atoms with Gasteiger partial charge in [-0.1, -0.05) is 31.0 Å². The maximum atomic E-state index is 12.9. The maximum absolute atomic E-state index is 12.9. The van der Waals surface area contributed by atoms with Crippen molar-refractivity contribution in [3.8, 4) is 0 Å². The van der Waals surface area contributed by atoms with Crippen molar-refractivity contribution in [3.05, 3.63) is 0 Å². The van der Waals surface area contributed by atoms with E-state index >= 15 is 0 Å². The lowest BCUT2D eigenvalue weighted by Gasteiger charge is -2.40. The van der Waals surface area contributed by atoms with E-state index in [1.54, 1.807) is 11.8 Å². The topological polar surface area (TPSA) is 44.7 Å². The van der Waals surface area contributed by atoms with Gasteiger partial charge in [-0.2, -0.15) is 0 Å². The molecule has 2 heterocycles. The van der Waals surface area contributed by atoms with E-state index in [2.05, 4.69) is 17.1 Å². The molecule has 2 aliphatic heterocycles. The summed E-state index contributed by atoms with van der Waals surface area (Å²) in [5, 5.41) is 4.08. The molecular formula is C21H33N3OS. The lowest BCUT2D eigenvalue weighted by Crippen LogP contribution is -2.48. The lowest BCUT2D eigenvalue weighted by molar-refractivity contribution is -0.123. The van der Waals surface area contributed by atoms with Crippen molar-refractivity contribution in [1.29, 1.82) is 0 Å². The fraction of sp³-hybridized carbons (Fsp3) is 0.905. The smallest absolute Gasteiger partial charge is 0.242 e. The van der Waals surface area contributed by atoms with E-state index in [1.165, 1.54) is 64.5 Å². The summed E-state index contributed by atoms with van der Waals surface area (Å²) in [6, 6.07) is 1.30. The largest absolute Gasteiger partial charge is 0.304 e. The van der Waals surface area contributed by atoms with E-state index in [0.29, 0.717) is 12.0 Å². The predicted octanol–water partition coefficient (Wildman–Crippen LogP) is 3.81. The van der Waals surface area contributed by atoms with Crippen molar-refractivity contribution in [3.63, 3.8) is 0 Å². The first kappa shape index (κ1) is 17.5. The normalized spacial score (nSPS) is 43.7. The Morgan fingerprint density at radius 1 is 1.08 bits per heavy atom. The van der Waals surface area contributed by atoms with Crippen molar-refractivity contribution in [1.82, 2.24) is 10.2 Å². The lowest BCUT2D eigenvalue weighted by atomic mass is 9.83. The number of piperidine rings is 1. The number of aliphatic imine (C=N–C) groups is 1. The Labute approximate surface area is 161 Å². The van der Waals surface area contributed by atoms with E-state index in [1.807, 2.05) is 0 Å². The number of carbonyl (C=O) groups is 1. The monoisotopic (exact) mass is 375 g/mol. The summed E-state index contributed by atoms with van der Waals surface area (Å²) in [5.41, 5.74) is 0. The van der Waals surface area contributed by atoms with Crippen LogP contribution < -0.4 is 5.32 Å². The number of amidine groups is 1. The van der Waals surface area contributed by atoms with Crippen LogP contribution in [-0.2, 0) is 4.79 Å². The van der Waals surface area contributed by atoms with Gasteiger partial charge in [-0.15, -0.1) is 0 Å². The Kier molecular flexibility index (Phi) is 4.59. The van der Waals surface area contributed by atoms with E-state index in [9.17, 15) is 4.79 Å². The first-order chi connectivity index (χ1) is 12.6. The molecule has 5 aliphatic rings. The van der Waals surface area contributed by atoms with Gasteiger partial charge in [-0.05, 0) is 82.7 Å². The summed E-state index contributed by atoms with van der Waals surface area (Å²) in [7, 11) is 0. The molecule has 1 unspecified atom stereocenters. The summed E-state index contributed by atoms with van der Waals surface area (Å²) in [6.45, 7) is 4.53. The Balaban J connectivity index is 1.22. The van der Waals surface area contributed by atoms with Crippen LogP contribution in [0.1, 0.15) is 71.1 Å². The minimum absolute atomic E-state index is 0.212. The van der Waals surface area contributed by atoms with Gasteiger partial charge in [0.05, 0.1) is 6.04 Å². The van der Waals surface area contributed by atoms with Gasteiger partial charge in [0.25, 0.3) is 0 Å². The van der Waals surface area contributed by atoms with Crippen LogP contribution in [0.25, 0.3) is 0 Å². The summed E-state index contributed by atoms with van der Waals surface area (Å²) in [5.74, 6) is 2.39. The summed E-state index contributed by atoms with van der Waals surface area (Å²) >= 11 is 1.75. The highest BCUT2D eigenvalue weighted by Crippen LogP contribution is 2.48. The number of hydrogen-bond acceptors (Lipinski definition) is 4. The van der Waals surface area contributed by atoms with Gasteiger partial charge in [0.15, 0.2) is 5.17 Å². The van der Waals surface area contributed by atoms with Crippen molar-refractivity contribution in [2.75, 3.05) is 13.1 Å². The second-order valence-electron chi connectivity index (χ2n) is 9.59. The Morgan fingerprint density at radius 2 is 1.85 bits per heavy atom. The Hall–Kier alpha value is -0.550. The molecule has 0 radical (unpaired) electrons. The molecule has 0 aromatic rings. The van der Waals surface area contributed by atoms with Crippen LogP contribution in [0, 0.1) is 17.8 Å². The second-order valence-corrected chi connectivity index (χ2v) is 11.0. The minimum Gasteiger partial charge on any atom is -0.304 e. The van der Waals surface area contributed by atoms with Crippen LogP contribution in [0.15, 0.2) is 4.99 Å². The number of thioether (sulfide) groups is 1. The third-order valence-electron chi connectivity index (χ3n) is 8.11. The number of nitrogens with one attached hydrogen (secondary N) is 1. The first-order valence-electron chi connectivity index (χ1n) is 10.9. The van der Waals surface area contributed by atoms with Crippen LogP contribution in [0.5, 0.6) is 0 Å². The molecule has 3 aliphatic carbocycles. The van der Waals surface area contributed by atoms with Crippen molar-refractivity contribution < 1.29 is 4.79 Å². The summed E-state index contributed by atoms with van der Waals surface area (Å²) in [6.07, 6.45) is 13.3. The van der Waals surface area contributed by atoms with Gasteiger partial charge in [0.1, 0.15) is 4.75 Å². The highest BCUT2D eigenvalue weighted by atomic mass is 32.2. The van der Waals surface area contributed by atoms with E-state index < -0.39 is 0 Å². The number of carbonyl (C=O) groups excluding carboxylic acids is 1. The molecule has 0 spiro atoms. The fourth-order valence-corrected chi connectivity index (χ4v) is 7.71. The van der Waals surface area contributed by atoms with Crippen molar-refractivity contribution in [2.24, 2.45) is 22.7 Å². The fourth-order valence-electron chi connectivity index (χ4n) is 6.43. The van der Waals surface area contributed by atoms with Crippen LogP contribution >= 0.6 is 11.8 Å². The third-order valence-corrected chi connectivity index (χ3v) is 9.46.